The van der Waals surface area contributed by atoms with Gasteiger partial charge in [-0.3, -0.25) is 0 Å². The molecule has 3 rings (SSSR count). The molecule has 0 amide bonds. The average molecular weight is 266 g/mol. The second kappa shape index (κ2) is 5.34. The van der Waals surface area contributed by atoms with Crippen molar-refractivity contribution in [2.24, 2.45) is 5.41 Å². The number of hydrogen-bond donors (Lipinski definition) is 1. The maximum atomic E-state index is 6.44. The third-order valence-electron chi connectivity index (χ3n) is 5.56. The lowest BCUT2D eigenvalue weighted by Crippen LogP contribution is -2.37. The first-order chi connectivity index (χ1) is 9.13. The summed E-state index contributed by atoms with van der Waals surface area (Å²) in [5.74, 6) is 0. The predicted molar refractivity (Wildman–Crippen MR) is 78.4 cm³/mol. The molecule has 0 aromatic carbocycles. The molecule has 3 fully saturated rings. The van der Waals surface area contributed by atoms with E-state index in [-0.39, 0.29) is 0 Å². The fourth-order valence-corrected chi connectivity index (χ4v) is 4.55. The quantitative estimate of drug-likeness (QED) is 0.846. The van der Waals surface area contributed by atoms with Gasteiger partial charge < -0.3 is 15.0 Å². The van der Waals surface area contributed by atoms with Gasteiger partial charge in [-0.05, 0) is 51.1 Å². The van der Waals surface area contributed by atoms with Crippen molar-refractivity contribution >= 4 is 0 Å². The van der Waals surface area contributed by atoms with Crippen LogP contribution in [0.4, 0.5) is 0 Å². The van der Waals surface area contributed by atoms with Gasteiger partial charge in [0.2, 0.25) is 0 Å². The Morgan fingerprint density at radius 2 is 2.00 bits per heavy atom. The summed E-state index contributed by atoms with van der Waals surface area (Å²) in [6.07, 6.45) is 9.86. The van der Waals surface area contributed by atoms with E-state index in [9.17, 15) is 0 Å². The summed E-state index contributed by atoms with van der Waals surface area (Å²) in [5, 5.41) is 3.35. The number of likely N-dealkylation sites (tertiary alicyclic amines) is 1. The van der Waals surface area contributed by atoms with Crippen LogP contribution in [0, 0.1) is 5.41 Å². The van der Waals surface area contributed by atoms with Crippen LogP contribution in [0.1, 0.15) is 51.9 Å². The first kappa shape index (κ1) is 13.8. The van der Waals surface area contributed by atoms with E-state index in [0.29, 0.717) is 17.1 Å². The minimum atomic E-state index is 0.304. The maximum Gasteiger partial charge on any atom is 0.0710 e. The highest BCUT2D eigenvalue weighted by Crippen LogP contribution is 2.43. The van der Waals surface area contributed by atoms with Crippen molar-refractivity contribution in [1.82, 2.24) is 10.2 Å². The van der Waals surface area contributed by atoms with Crippen molar-refractivity contribution in [3.05, 3.63) is 0 Å². The summed E-state index contributed by atoms with van der Waals surface area (Å²) < 4.78 is 6.44. The molecule has 2 saturated heterocycles. The lowest BCUT2D eigenvalue weighted by Gasteiger charge is -2.27. The molecule has 1 N–H and O–H groups in total. The highest BCUT2D eigenvalue weighted by atomic mass is 16.5. The fraction of sp³-hybridized carbons (Fsp3) is 1.00. The number of ether oxygens (including phenoxy) is 1. The second-order valence-corrected chi connectivity index (χ2v) is 7.49. The third-order valence-corrected chi connectivity index (χ3v) is 5.56. The van der Waals surface area contributed by atoms with E-state index in [1.54, 1.807) is 0 Å². The van der Waals surface area contributed by atoms with E-state index in [1.807, 2.05) is 0 Å². The monoisotopic (exact) mass is 266 g/mol. The molecule has 2 heterocycles. The smallest absolute Gasteiger partial charge is 0.0710 e. The summed E-state index contributed by atoms with van der Waals surface area (Å²) in [7, 11) is 2.07. The van der Waals surface area contributed by atoms with Gasteiger partial charge in [0.25, 0.3) is 0 Å². The largest absolute Gasteiger partial charge is 0.370 e. The van der Waals surface area contributed by atoms with Gasteiger partial charge in [-0.25, -0.2) is 0 Å². The van der Waals surface area contributed by atoms with Gasteiger partial charge in [0.05, 0.1) is 11.7 Å². The number of nitrogens with one attached hydrogen (secondary N) is 1. The third kappa shape index (κ3) is 2.98. The van der Waals surface area contributed by atoms with Crippen LogP contribution in [0.5, 0.6) is 0 Å². The number of nitrogens with zero attached hydrogens (tertiary/aromatic N) is 1. The normalized spacial score (nSPS) is 38.5. The minimum absolute atomic E-state index is 0.304. The molecule has 2 atom stereocenters. The van der Waals surface area contributed by atoms with E-state index >= 15 is 0 Å². The van der Waals surface area contributed by atoms with Gasteiger partial charge in [-0.2, -0.15) is 0 Å². The zero-order chi connectivity index (χ0) is 13.3. The van der Waals surface area contributed by atoms with Gasteiger partial charge in [0.15, 0.2) is 0 Å². The lowest BCUT2D eigenvalue weighted by atomic mass is 9.90. The Balaban J connectivity index is 1.48. The van der Waals surface area contributed by atoms with Crippen molar-refractivity contribution in [2.75, 3.05) is 33.2 Å². The van der Waals surface area contributed by atoms with E-state index < -0.39 is 0 Å². The first-order valence-electron chi connectivity index (χ1n) is 8.18. The Bertz CT molecular complexity index is 314. The Labute approximate surface area is 118 Å². The Morgan fingerprint density at radius 1 is 1.21 bits per heavy atom. The zero-order valence-corrected chi connectivity index (χ0v) is 12.7. The molecule has 19 heavy (non-hydrogen) atoms. The molecular formula is C16H30N2O. The van der Waals surface area contributed by atoms with E-state index in [1.165, 1.54) is 64.6 Å². The van der Waals surface area contributed by atoms with E-state index in [4.69, 9.17) is 4.74 Å². The molecule has 3 heteroatoms. The van der Waals surface area contributed by atoms with Crippen LogP contribution in [0.25, 0.3) is 0 Å². The van der Waals surface area contributed by atoms with Gasteiger partial charge in [0, 0.05) is 19.6 Å². The minimum Gasteiger partial charge on any atom is -0.370 e. The molecule has 3 aliphatic rings. The van der Waals surface area contributed by atoms with Crippen molar-refractivity contribution < 1.29 is 4.74 Å². The molecule has 1 saturated carbocycles. The van der Waals surface area contributed by atoms with Crippen molar-refractivity contribution in [1.29, 1.82) is 0 Å². The molecule has 3 nitrogen and oxygen atoms in total. The van der Waals surface area contributed by atoms with Crippen molar-refractivity contribution in [3.8, 4) is 0 Å². The Morgan fingerprint density at radius 3 is 2.74 bits per heavy atom. The molecule has 2 aliphatic heterocycles. The van der Waals surface area contributed by atoms with Crippen molar-refractivity contribution in [2.45, 2.75) is 63.6 Å². The standard InChI is InChI=1S/C16H30N2O/c1-15(12-17-2)9-10-18(13-15)11-14-5-8-16(19-14)6-3-4-7-16/h14,17H,3-13H2,1-2H3. The first-order valence-corrected chi connectivity index (χ1v) is 8.18. The molecule has 0 bridgehead atoms. The summed E-state index contributed by atoms with van der Waals surface area (Å²) in [5.41, 5.74) is 0.775. The maximum absolute atomic E-state index is 6.44. The molecule has 2 unspecified atom stereocenters. The van der Waals surface area contributed by atoms with Crippen LogP contribution in [0.15, 0.2) is 0 Å². The molecular weight excluding hydrogens is 236 g/mol. The van der Waals surface area contributed by atoms with E-state index in [2.05, 4.69) is 24.2 Å². The summed E-state index contributed by atoms with van der Waals surface area (Å²) in [4.78, 5) is 2.63. The lowest BCUT2D eigenvalue weighted by molar-refractivity contribution is -0.0459. The van der Waals surface area contributed by atoms with Crippen LogP contribution in [0.3, 0.4) is 0 Å². The molecule has 0 radical (unpaired) electrons. The number of hydrogen-bond acceptors (Lipinski definition) is 3. The molecule has 1 aliphatic carbocycles. The van der Waals surface area contributed by atoms with Gasteiger partial charge in [0.1, 0.15) is 0 Å². The van der Waals surface area contributed by atoms with Crippen molar-refractivity contribution in [3.63, 3.8) is 0 Å². The molecule has 0 aromatic rings. The van der Waals surface area contributed by atoms with Crippen LogP contribution in [0.2, 0.25) is 0 Å². The predicted octanol–water partition coefficient (Wildman–Crippen LogP) is 2.41. The van der Waals surface area contributed by atoms with Gasteiger partial charge in [-0.1, -0.05) is 19.8 Å². The zero-order valence-electron chi connectivity index (χ0n) is 12.7. The summed E-state index contributed by atoms with van der Waals surface area (Å²) in [6, 6.07) is 0. The second-order valence-electron chi connectivity index (χ2n) is 7.49. The molecule has 0 aromatic heterocycles. The topological polar surface area (TPSA) is 24.5 Å². The molecule has 1 spiro atoms. The van der Waals surface area contributed by atoms with Gasteiger partial charge in [-0.15, -0.1) is 0 Å². The van der Waals surface area contributed by atoms with Crippen LogP contribution < -0.4 is 5.32 Å². The van der Waals surface area contributed by atoms with E-state index in [0.717, 1.165) is 6.54 Å². The van der Waals surface area contributed by atoms with Crippen LogP contribution >= 0.6 is 0 Å². The average Bonchev–Trinajstić information content (AvgIpc) is 3.05. The Kier molecular flexibility index (Phi) is 3.89. The summed E-state index contributed by atoms with van der Waals surface area (Å²) >= 11 is 0. The van der Waals surface area contributed by atoms with Crippen LogP contribution in [-0.2, 0) is 4.74 Å². The van der Waals surface area contributed by atoms with Crippen LogP contribution in [-0.4, -0.2) is 49.8 Å². The highest BCUT2D eigenvalue weighted by molar-refractivity contribution is 4.95. The SMILES string of the molecule is CNCC1(C)CCN(CC2CCC3(CCCC3)O2)C1. The highest BCUT2D eigenvalue weighted by Gasteiger charge is 2.43. The molecule has 110 valence electrons. The summed E-state index contributed by atoms with van der Waals surface area (Å²) in [6.45, 7) is 7.21. The van der Waals surface area contributed by atoms with Gasteiger partial charge >= 0.3 is 0 Å². The Hall–Kier alpha value is -0.120. The fourth-order valence-electron chi connectivity index (χ4n) is 4.55. The number of rotatable bonds is 4.